The molecule has 1 heterocycles. The van der Waals surface area contributed by atoms with Crippen molar-refractivity contribution in [3.8, 4) is 0 Å². The van der Waals surface area contributed by atoms with Crippen LogP contribution in [0.15, 0.2) is 41.6 Å². The molecule has 0 aliphatic heterocycles. The van der Waals surface area contributed by atoms with Crippen LogP contribution < -0.4 is 10.6 Å². The van der Waals surface area contributed by atoms with Crippen LogP contribution in [0.1, 0.15) is 17.0 Å². The lowest BCUT2D eigenvalue weighted by atomic mass is 10.1. The summed E-state index contributed by atoms with van der Waals surface area (Å²) < 4.78 is 14.9. The molecular formula is C21H21ClFN5O2S. The first kappa shape index (κ1) is 22.8. The molecule has 0 radical (unpaired) electrons. The number of anilines is 2. The number of halogens is 2. The van der Waals surface area contributed by atoms with Crippen LogP contribution >= 0.6 is 23.4 Å². The molecule has 0 bridgehead atoms. The van der Waals surface area contributed by atoms with Gasteiger partial charge in [0, 0.05) is 18.4 Å². The van der Waals surface area contributed by atoms with Gasteiger partial charge < -0.3 is 15.2 Å². The average molecular weight is 462 g/mol. The molecule has 3 aromatic rings. The summed E-state index contributed by atoms with van der Waals surface area (Å²) in [4.78, 5) is 24.5. The maximum Gasteiger partial charge on any atom is 0.234 e. The summed E-state index contributed by atoms with van der Waals surface area (Å²) in [5.74, 6) is -0.511. The highest BCUT2D eigenvalue weighted by Gasteiger charge is 2.15. The van der Waals surface area contributed by atoms with Crippen molar-refractivity contribution in [3.63, 3.8) is 0 Å². The fraction of sp³-hybridized carbons (Fsp3) is 0.238. The summed E-state index contributed by atoms with van der Waals surface area (Å²) in [6.07, 6.45) is 0.0532. The van der Waals surface area contributed by atoms with Crippen molar-refractivity contribution in [1.82, 2.24) is 14.8 Å². The number of hydrogen-bond donors (Lipinski definition) is 2. The van der Waals surface area contributed by atoms with E-state index in [-0.39, 0.29) is 29.0 Å². The monoisotopic (exact) mass is 461 g/mol. The van der Waals surface area contributed by atoms with Crippen LogP contribution in [0, 0.1) is 19.7 Å². The summed E-state index contributed by atoms with van der Waals surface area (Å²) in [6.45, 7) is 3.93. The first-order chi connectivity index (χ1) is 14.7. The highest BCUT2D eigenvalue weighted by Crippen LogP contribution is 2.21. The first-order valence-electron chi connectivity index (χ1n) is 9.36. The summed E-state index contributed by atoms with van der Waals surface area (Å²) in [5, 5.41) is 14.1. The fourth-order valence-corrected chi connectivity index (χ4v) is 3.73. The summed E-state index contributed by atoms with van der Waals surface area (Å²) in [6, 6.07) is 9.76. The van der Waals surface area contributed by atoms with Gasteiger partial charge in [-0.2, -0.15) is 0 Å². The Bertz CT molecular complexity index is 1130. The van der Waals surface area contributed by atoms with Gasteiger partial charge in [0.2, 0.25) is 11.8 Å². The number of nitrogens with one attached hydrogen (secondary N) is 2. The number of carbonyl (C=O) groups is 2. The van der Waals surface area contributed by atoms with E-state index in [0.29, 0.717) is 16.7 Å². The van der Waals surface area contributed by atoms with Gasteiger partial charge >= 0.3 is 0 Å². The zero-order chi connectivity index (χ0) is 22.5. The SMILES string of the molecule is Cc1ccc(NC(=O)Cc2nnc(SCC(=O)Nc3ccc(F)c(Cl)c3)n2C)c(C)c1. The molecule has 0 fully saturated rings. The fourth-order valence-electron chi connectivity index (χ4n) is 2.82. The molecule has 0 saturated heterocycles. The van der Waals surface area contributed by atoms with E-state index in [1.165, 1.54) is 30.0 Å². The molecule has 0 spiro atoms. The number of nitrogens with zero attached hydrogens (tertiary/aromatic N) is 3. The lowest BCUT2D eigenvalue weighted by Gasteiger charge is -2.09. The number of aromatic nitrogens is 3. The second-order valence-electron chi connectivity index (χ2n) is 6.97. The maximum absolute atomic E-state index is 13.2. The van der Waals surface area contributed by atoms with E-state index in [4.69, 9.17) is 11.6 Å². The molecule has 31 heavy (non-hydrogen) atoms. The zero-order valence-electron chi connectivity index (χ0n) is 17.2. The highest BCUT2D eigenvalue weighted by atomic mass is 35.5. The van der Waals surface area contributed by atoms with Crippen molar-refractivity contribution in [3.05, 3.63) is 64.2 Å². The highest BCUT2D eigenvalue weighted by molar-refractivity contribution is 7.99. The van der Waals surface area contributed by atoms with E-state index >= 15 is 0 Å². The van der Waals surface area contributed by atoms with Gasteiger partial charge in [0.1, 0.15) is 11.6 Å². The Morgan fingerprint density at radius 2 is 1.87 bits per heavy atom. The van der Waals surface area contributed by atoms with Gasteiger partial charge in [-0.3, -0.25) is 9.59 Å². The van der Waals surface area contributed by atoms with Crippen LogP contribution in [0.4, 0.5) is 15.8 Å². The number of benzene rings is 2. The van der Waals surface area contributed by atoms with Gasteiger partial charge in [0.05, 0.1) is 17.2 Å². The maximum atomic E-state index is 13.2. The molecular weight excluding hydrogens is 441 g/mol. The Morgan fingerprint density at radius 1 is 1.10 bits per heavy atom. The standard InChI is InChI=1S/C21H21ClFN5O2S/c1-12-4-7-17(13(2)8-12)25-19(29)10-18-26-27-21(28(18)3)31-11-20(30)24-14-5-6-16(23)15(22)9-14/h4-9H,10-11H2,1-3H3,(H,24,30)(H,25,29). The predicted octanol–water partition coefficient (Wildman–Crippen LogP) is 4.14. The minimum absolute atomic E-state index is 0.0532. The number of amides is 2. The molecule has 2 N–H and O–H groups in total. The summed E-state index contributed by atoms with van der Waals surface area (Å²) in [7, 11) is 1.74. The summed E-state index contributed by atoms with van der Waals surface area (Å²) in [5.41, 5.74) is 3.26. The minimum Gasteiger partial charge on any atom is -0.325 e. The minimum atomic E-state index is -0.553. The van der Waals surface area contributed by atoms with E-state index < -0.39 is 5.82 Å². The van der Waals surface area contributed by atoms with Crippen LogP contribution in [0.3, 0.4) is 0 Å². The van der Waals surface area contributed by atoms with Gasteiger partial charge in [-0.1, -0.05) is 41.1 Å². The van der Waals surface area contributed by atoms with Crippen LogP contribution in [0.25, 0.3) is 0 Å². The Hall–Kier alpha value is -2.91. The number of aryl methyl sites for hydroxylation is 2. The van der Waals surface area contributed by atoms with Crippen LogP contribution in [0.5, 0.6) is 0 Å². The van der Waals surface area contributed by atoms with Crippen molar-refractivity contribution in [2.45, 2.75) is 25.4 Å². The molecule has 1 aromatic heterocycles. The van der Waals surface area contributed by atoms with E-state index in [1.54, 1.807) is 11.6 Å². The van der Waals surface area contributed by atoms with Crippen molar-refractivity contribution < 1.29 is 14.0 Å². The van der Waals surface area contributed by atoms with Gasteiger partial charge in [-0.25, -0.2) is 4.39 Å². The molecule has 2 amide bonds. The molecule has 10 heteroatoms. The molecule has 162 valence electrons. The van der Waals surface area contributed by atoms with Gasteiger partial charge in [0.25, 0.3) is 0 Å². The second-order valence-corrected chi connectivity index (χ2v) is 8.32. The lowest BCUT2D eigenvalue weighted by molar-refractivity contribution is -0.116. The van der Waals surface area contributed by atoms with Crippen molar-refractivity contribution in [1.29, 1.82) is 0 Å². The zero-order valence-corrected chi connectivity index (χ0v) is 18.8. The van der Waals surface area contributed by atoms with E-state index in [2.05, 4.69) is 20.8 Å². The second kappa shape index (κ2) is 9.93. The lowest BCUT2D eigenvalue weighted by Crippen LogP contribution is -2.18. The largest absolute Gasteiger partial charge is 0.325 e. The van der Waals surface area contributed by atoms with Crippen LogP contribution in [-0.4, -0.2) is 32.3 Å². The molecule has 0 saturated carbocycles. The molecule has 0 atom stereocenters. The number of rotatable bonds is 7. The van der Waals surface area contributed by atoms with E-state index in [0.717, 1.165) is 16.8 Å². The topological polar surface area (TPSA) is 88.9 Å². The van der Waals surface area contributed by atoms with Crippen molar-refractivity contribution in [2.24, 2.45) is 7.05 Å². The number of carbonyl (C=O) groups excluding carboxylic acids is 2. The Balaban J connectivity index is 1.55. The quantitative estimate of drug-likeness (QED) is 0.516. The molecule has 7 nitrogen and oxygen atoms in total. The van der Waals surface area contributed by atoms with Crippen molar-refractivity contribution >= 4 is 46.6 Å². The molecule has 0 aliphatic rings. The third-order valence-electron chi connectivity index (χ3n) is 4.44. The third-order valence-corrected chi connectivity index (χ3v) is 5.75. The smallest absolute Gasteiger partial charge is 0.234 e. The van der Waals surface area contributed by atoms with Crippen LogP contribution in [0.2, 0.25) is 5.02 Å². The van der Waals surface area contributed by atoms with E-state index in [9.17, 15) is 14.0 Å². The van der Waals surface area contributed by atoms with Crippen LogP contribution in [-0.2, 0) is 23.1 Å². The van der Waals surface area contributed by atoms with Crippen molar-refractivity contribution in [2.75, 3.05) is 16.4 Å². The predicted molar refractivity (Wildman–Crippen MR) is 120 cm³/mol. The molecule has 0 unspecified atom stereocenters. The normalized spacial score (nSPS) is 10.7. The summed E-state index contributed by atoms with van der Waals surface area (Å²) >= 11 is 6.89. The molecule has 0 aliphatic carbocycles. The Morgan fingerprint density at radius 3 is 2.58 bits per heavy atom. The van der Waals surface area contributed by atoms with E-state index in [1.807, 2.05) is 32.0 Å². The van der Waals surface area contributed by atoms with Gasteiger partial charge in [-0.05, 0) is 43.7 Å². The number of hydrogen-bond acceptors (Lipinski definition) is 5. The van der Waals surface area contributed by atoms with Gasteiger partial charge in [0.15, 0.2) is 5.16 Å². The van der Waals surface area contributed by atoms with Gasteiger partial charge in [-0.15, -0.1) is 10.2 Å². The molecule has 3 rings (SSSR count). The first-order valence-corrected chi connectivity index (χ1v) is 10.7. The molecule has 2 aromatic carbocycles. The average Bonchev–Trinajstić information content (AvgIpc) is 3.05. The Labute approximate surface area is 188 Å². The third kappa shape index (κ3) is 6.05. The Kier molecular flexibility index (Phi) is 7.29. The number of thioether (sulfide) groups is 1.